The van der Waals surface area contributed by atoms with Gasteiger partial charge in [-0.1, -0.05) is 54.6 Å². The van der Waals surface area contributed by atoms with E-state index in [0.717, 1.165) is 0 Å². The Hall–Kier alpha value is -3.34. The van der Waals surface area contributed by atoms with Crippen molar-refractivity contribution in [2.45, 2.75) is 0 Å². The van der Waals surface area contributed by atoms with Gasteiger partial charge in [0.15, 0.2) is 0 Å². The molecule has 0 bridgehead atoms. The molecular weight excluding hydrogens is 367 g/mol. The first-order chi connectivity index (χ1) is 13.1. The molecule has 0 heterocycles. The lowest BCUT2D eigenvalue weighted by Gasteiger charge is -2.02. The topological polar surface area (TPSA) is 89.9 Å². The van der Waals surface area contributed by atoms with Crippen molar-refractivity contribution >= 4 is 25.3 Å². The molecule has 0 amide bonds. The highest BCUT2D eigenvalue weighted by atomic mass is 31.1. The minimum absolute atomic E-state index is 0.318. The number of hydrogen-bond acceptors (Lipinski definition) is 5. The Bertz CT molecular complexity index is 831. The van der Waals surface area contributed by atoms with Crippen LogP contribution in [0.2, 0.25) is 0 Å². The summed E-state index contributed by atoms with van der Waals surface area (Å²) in [7, 11) is -2.15. The summed E-state index contributed by atoms with van der Waals surface area (Å²) < 4.78 is 10.3. The molecule has 0 aliphatic rings. The fourth-order valence-electron chi connectivity index (χ4n) is 1.88. The monoisotopic (exact) mass is 383 g/mol. The highest BCUT2D eigenvalue weighted by Crippen LogP contribution is 2.10. The predicted molar refractivity (Wildman–Crippen MR) is 99.6 cm³/mol. The van der Waals surface area contributed by atoms with Crippen LogP contribution in [0.15, 0.2) is 91.0 Å². The molecule has 7 heteroatoms. The SMILES string of the molecule is O=C(OOC(=O)c1ccccc1)c1ccccc1.O=[P+](O)c1ccccc1. The van der Waals surface area contributed by atoms with Crippen molar-refractivity contribution in [1.82, 2.24) is 0 Å². The molecule has 3 aromatic carbocycles. The van der Waals surface area contributed by atoms with Crippen LogP contribution >= 0.6 is 8.03 Å². The highest BCUT2D eigenvalue weighted by Gasteiger charge is 2.13. The van der Waals surface area contributed by atoms with Gasteiger partial charge in [-0.3, -0.25) is 0 Å². The van der Waals surface area contributed by atoms with Gasteiger partial charge in [-0.25, -0.2) is 19.4 Å². The predicted octanol–water partition coefficient (Wildman–Crippen LogP) is 3.66. The summed E-state index contributed by atoms with van der Waals surface area (Å²) in [5.74, 6) is -1.42. The number of hydrogen-bond donors (Lipinski definition) is 1. The van der Waals surface area contributed by atoms with Crippen LogP contribution in [0.3, 0.4) is 0 Å². The Morgan fingerprint density at radius 3 is 1.26 bits per heavy atom. The molecule has 1 atom stereocenters. The molecule has 3 rings (SSSR count). The van der Waals surface area contributed by atoms with Gasteiger partial charge in [0.2, 0.25) is 5.30 Å². The summed E-state index contributed by atoms with van der Waals surface area (Å²) in [4.78, 5) is 40.4. The van der Waals surface area contributed by atoms with Gasteiger partial charge in [0.25, 0.3) is 0 Å². The first-order valence-corrected chi connectivity index (χ1v) is 9.03. The Balaban J connectivity index is 0.000000244. The van der Waals surface area contributed by atoms with E-state index in [9.17, 15) is 14.2 Å². The molecule has 136 valence electrons. The molecule has 0 saturated carbocycles. The highest BCUT2D eigenvalue weighted by molar-refractivity contribution is 7.47. The molecule has 0 fully saturated rings. The van der Waals surface area contributed by atoms with Crippen LogP contribution < -0.4 is 5.30 Å². The Kier molecular flexibility index (Phi) is 7.85. The Morgan fingerprint density at radius 1 is 0.630 bits per heavy atom. The lowest BCUT2D eigenvalue weighted by molar-refractivity contribution is -0.187. The van der Waals surface area contributed by atoms with Gasteiger partial charge >= 0.3 is 20.0 Å². The van der Waals surface area contributed by atoms with Crippen molar-refractivity contribution in [3.05, 3.63) is 102 Å². The number of carbonyl (C=O) groups is 2. The second-order valence-corrected chi connectivity index (χ2v) is 6.14. The third kappa shape index (κ3) is 6.82. The quantitative estimate of drug-likeness (QED) is 0.422. The molecule has 0 aliphatic heterocycles. The van der Waals surface area contributed by atoms with E-state index >= 15 is 0 Å². The molecule has 6 nitrogen and oxygen atoms in total. The van der Waals surface area contributed by atoms with Gasteiger partial charge in [-0.2, -0.15) is 4.89 Å². The zero-order valence-corrected chi connectivity index (χ0v) is 15.0. The molecule has 0 aliphatic carbocycles. The van der Waals surface area contributed by atoms with Crippen LogP contribution in [-0.4, -0.2) is 16.8 Å². The van der Waals surface area contributed by atoms with Crippen LogP contribution in [-0.2, 0) is 14.3 Å². The zero-order valence-electron chi connectivity index (χ0n) is 14.1. The maximum absolute atomic E-state index is 11.5. The molecule has 1 N–H and O–H groups in total. The zero-order chi connectivity index (χ0) is 19.5. The van der Waals surface area contributed by atoms with Crippen molar-refractivity contribution in [2.75, 3.05) is 0 Å². The first kappa shape index (κ1) is 20.0. The average molecular weight is 383 g/mol. The maximum Gasteiger partial charge on any atom is 0.546 e. The van der Waals surface area contributed by atoms with E-state index < -0.39 is 20.0 Å². The summed E-state index contributed by atoms with van der Waals surface area (Å²) in [6.45, 7) is 0. The van der Waals surface area contributed by atoms with E-state index in [0.29, 0.717) is 16.4 Å². The standard InChI is InChI=1S/C14H10O4.C6H5O2P/c15-13(11-7-3-1-4-8-11)17-18-14(16)12-9-5-2-6-10-12;7-9(8)6-4-2-1-3-5-6/h1-10H;1-5H/p+1. The smallest absolute Gasteiger partial charge is 0.242 e. The minimum Gasteiger partial charge on any atom is -0.242 e. The van der Waals surface area contributed by atoms with Crippen molar-refractivity contribution in [2.24, 2.45) is 0 Å². The lowest BCUT2D eigenvalue weighted by Crippen LogP contribution is -2.11. The van der Waals surface area contributed by atoms with E-state index in [1.165, 1.54) is 0 Å². The first-order valence-electron chi connectivity index (χ1n) is 7.82. The van der Waals surface area contributed by atoms with Crippen LogP contribution in [0, 0.1) is 0 Å². The normalized spacial score (nSPS) is 10.0. The van der Waals surface area contributed by atoms with Crippen molar-refractivity contribution < 1.29 is 28.8 Å². The van der Waals surface area contributed by atoms with Gasteiger partial charge in [-0.15, -0.1) is 0 Å². The minimum atomic E-state index is -2.15. The molecule has 0 spiro atoms. The molecule has 0 aromatic heterocycles. The fourth-order valence-corrected chi connectivity index (χ4v) is 2.30. The van der Waals surface area contributed by atoms with Gasteiger partial charge in [-0.05, 0) is 41.0 Å². The van der Waals surface area contributed by atoms with E-state index in [2.05, 4.69) is 9.78 Å². The van der Waals surface area contributed by atoms with Crippen LogP contribution in [0.1, 0.15) is 20.7 Å². The third-order valence-corrected chi connectivity index (χ3v) is 3.93. The number of carbonyl (C=O) groups excluding carboxylic acids is 2. The van der Waals surface area contributed by atoms with Crippen LogP contribution in [0.4, 0.5) is 0 Å². The summed E-state index contributed by atoms with van der Waals surface area (Å²) in [6, 6.07) is 25.1. The van der Waals surface area contributed by atoms with Crippen molar-refractivity contribution in [1.29, 1.82) is 0 Å². The van der Waals surface area contributed by atoms with Crippen LogP contribution in [0.5, 0.6) is 0 Å². The summed E-state index contributed by atoms with van der Waals surface area (Å²) in [5, 5.41) is 0.479. The maximum atomic E-state index is 11.5. The lowest BCUT2D eigenvalue weighted by atomic mass is 10.2. The number of benzene rings is 3. The van der Waals surface area contributed by atoms with Crippen LogP contribution in [0.25, 0.3) is 0 Å². The largest absolute Gasteiger partial charge is 0.546 e. The Morgan fingerprint density at radius 2 is 0.963 bits per heavy atom. The molecule has 0 radical (unpaired) electrons. The van der Waals surface area contributed by atoms with Crippen molar-refractivity contribution in [3.8, 4) is 0 Å². The Labute approximate surface area is 156 Å². The van der Waals surface area contributed by atoms with Gasteiger partial charge in [0.1, 0.15) is 0 Å². The molecule has 3 aromatic rings. The summed E-state index contributed by atoms with van der Waals surface area (Å²) >= 11 is 0. The van der Waals surface area contributed by atoms with Crippen molar-refractivity contribution in [3.63, 3.8) is 0 Å². The summed E-state index contributed by atoms with van der Waals surface area (Å²) in [5.41, 5.74) is 0.636. The molecule has 27 heavy (non-hydrogen) atoms. The van der Waals surface area contributed by atoms with E-state index in [1.54, 1.807) is 84.9 Å². The van der Waals surface area contributed by atoms with Gasteiger partial charge < -0.3 is 0 Å². The molecule has 0 saturated heterocycles. The van der Waals surface area contributed by atoms with E-state index in [1.807, 2.05) is 6.07 Å². The third-order valence-electron chi connectivity index (χ3n) is 3.19. The van der Waals surface area contributed by atoms with E-state index in [-0.39, 0.29) is 0 Å². The molecule has 1 unspecified atom stereocenters. The second kappa shape index (κ2) is 10.6. The second-order valence-electron chi connectivity index (χ2n) is 5.08. The van der Waals surface area contributed by atoms with Gasteiger partial charge in [0, 0.05) is 0 Å². The average Bonchev–Trinajstić information content (AvgIpc) is 2.74. The summed E-state index contributed by atoms with van der Waals surface area (Å²) in [6.07, 6.45) is 0. The fraction of sp³-hybridized carbons (Fsp3) is 0. The van der Waals surface area contributed by atoms with Gasteiger partial charge in [0.05, 0.1) is 11.1 Å². The van der Waals surface area contributed by atoms with E-state index in [4.69, 9.17) is 4.89 Å². The molecular formula is C20H16O6P+. The number of rotatable bonds is 3.